The summed E-state index contributed by atoms with van der Waals surface area (Å²) < 4.78 is 22.6. The van der Waals surface area contributed by atoms with Crippen molar-refractivity contribution in [2.24, 2.45) is 0 Å². The molecule has 0 aliphatic rings. The molecule has 0 aromatic heterocycles. The fraction of sp³-hybridized carbons (Fsp3) is 0.667. The molecule has 314 valence electrons. The fourth-order valence-corrected chi connectivity index (χ4v) is 6.64. The quantitative estimate of drug-likeness (QED) is 0.0401. The van der Waals surface area contributed by atoms with Crippen molar-refractivity contribution < 1.29 is 38.1 Å². The average Bonchev–Trinajstić information content (AvgIpc) is 3.21. The van der Waals surface area contributed by atoms with Gasteiger partial charge in [-0.15, -0.1) is 0 Å². The van der Waals surface area contributed by atoms with Crippen molar-refractivity contribution in [1.82, 2.24) is 0 Å². The van der Waals surface area contributed by atoms with Crippen molar-refractivity contribution in [3.05, 3.63) is 58.7 Å². The molecule has 8 nitrogen and oxygen atoms in total. The van der Waals surface area contributed by atoms with Crippen LogP contribution in [0, 0.1) is 0 Å². The maximum Gasteiger partial charge on any atom is 0.339 e. The first-order valence-electron chi connectivity index (χ1n) is 22.3. The van der Waals surface area contributed by atoms with Gasteiger partial charge >= 0.3 is 23.9 Å². The molecule has 0 radical (unpaired) electrons. The molecule has 56 heavy (non-hydrogen) atoms. The third-order valence-corrected chi connectivity index (χ3v) is 10.2. The highest BCUT2D eigenvalue weighted by molar-refractivity contribution is 6.06. The van der Waals surface area contributed by atoms with Crippen molar-refractivity contribution >= 4 is 23.9 Å². The summed E-state index contributed by atoms with van der Waals surface area (Å²) in [5, 5.41) is 0. The van der Waals surface area contributed by atoms with E-state index in [-0.39, 0.29) is 48.7 Å². The van der Waals surface area contributed by atoms with Crippen LogP contribution in [0.2, 0.25) is 0 Å². The molecule has 2 aromatic carbocycles. The number of esters is 4. The van der Waals surface area contributed by atoms with E-state index in [0.717, 1.165) is 103 Å². The summed E-state index contributed by atoms with van der Waals surface area (Å²) in [5.41, 5.74) is 1.66. The van der Waals surface area contributed by atoms with E-state index in [2.05, 4.69) is 27.7 Å². The number of carbonyl (C=O) groups is 4. The van der Waals surface area contributed by atoms with E-state index >= 15 is 0 Å². The summed E-state index contributed by atoms with van der Waals surface area (Å²) in [7, 11) is 0. The first-order chi connectivity index (χ1) is 27.4. The van der Waals surface area contributed by atoms with Crippen LogP contribution in [0.4, 0.5) is 0 Å². The second-order valence-electron chi connectivity index (χ2n) is 15.1. The Hall–Kier alpha value is -3.68. The molecule has 2 aromatic rings. The van der Waals surface area contributed by atoms with Gasteiger partial charge in [-0.25, -0.2) is 19.2 Å². The molecule has 0 unspecified atom stereocenters. The summed E-state index contributed by atoms with van der Waals surface area (Å²) in [6.07, 6.45) is 25.4. The van der Waals surface area contributed by atoms with E-state index in [1.165, 1.54) is 51.4 Å². The highest BCUT2D eigenvalue weighted by atomic mass is 16.5. The number of unbranched alkanes of at least 4 members (excludes halogenated alkanes) is 20. The molecule has 2 rings (SSSR count). The van der Waals surface area contributed by atoms with Gasteiger partial charge in [0.15, 0.2) is 0 Å². The normalized spacial score (nSPS) is 11.0. The average molecular weight is 779 g/mol. The van der Waals surface area contributed by atoms with Crippen LogP contribution in [0.1, 0.15) is 223 Å². The standard InChI is InChI=1S/C48H74O8/c1-5-9-13-17-21-25-33-53-45(49)41-31-29-39(37-43(41)47(51)55-35-27-23-19-15-11-7-3)40-30-32-42(46(50)54-34-26-22-18-14-10-6-2)44(38-40)48(52)56-36-28-24-20-16-12-8-4/h29-32,37-38H,5-28,33-36H2,1-4H3. The second-order valence-corrected chi connectivity index (χ2v) is 15.1. The molecule has 0 aliphatic heterocycles. The number of benzene rings is 2. The van der Waals surface area contributed by atoms with Gasteiger partial charge in [0.05, 0.1) is 48.7 Å². The number of rotatable bonds is 33. The summed E-state index contributed by atoms with van der Waals surface area (Å²) in [5.74, 6) is -2.33. The van der Waals surface area contributed by atoms with E-state index in [1.807, 2.05) is 0 Å². The van der Waals surface area contributed by atoms with Crippen LogP contribution in [0.25, 0.3) is 11.1 Å². The van der Waals surface area contributed by atoms with E-state index in [9.17, 15) is 19.2 Å². The van der Waals surface area contributed by atoms with E-state index in [0.29, 0.717) is 11.1 Å². The van der Waals surface area contributed by atoms with E-state index < -0.39 is 23.9 Å². The van der Waals surface area contributed by atoms with Crippen LogP contribution >= 0.6 is 0 Å². The monoisotopic (exact) mass is 779 g/mol. The third kappa shape index (κ3) is 20.0. The van der Waals surface area contributed by atoms with Gasteiger partial charge in [0, 0.05) is 0 Å². The summed E-state index contributed by atoms with van der Waals surface area (Å²) in [6.45, 7) is 9.78. The first kappa shape index (κ1) is 48.5. The Kier molecular flexibility index (Phi) is 27.2. The number of ether oxygens (including phenoxy) is 4. The summed E-state index contributed by atoms with van der Waals surface area (Å²) in [6, 6.07) is 9.84. The molecular formula is C48H74O8. The van der Waals surface area contributed by atoms with Gasteiger partial charge in [0.1, 0.15) is 0 Å². The Balaban J connectivity index is 2.32. The van der Waals surface area contributed by atoms with Gasteiger partial charge < -0.3 is 18.9 Å². The van der Waals surface area contributed by atoms with Crippen molar-refractivity contribution in [3.63, 3.8) is 0 Å². The van der Waals surface area contributed by atoms with E-state index in [4.69, 9.17) is 18.9 Å². The van der Waals surface area contributed by atoms with Crippen molar-refractivity contribution in [2.75, 3.05) is 26.4 Å². The molecule has 0 N–H and O–H groups in total. The van der Waals surface area contributed by atoms with Crippen molar-refractivity contribution in [3.8, 4) is 11.1 Å². The van der Waals surface area contributed by atoms with Gasteiger partial charge in [-0.1, -0.05) is 168 Å². The molecular weight excluding hydrogens is 705 g/mol. The molecule has 0 aliphatic carbocycles. The summed E-state index contributed by atoms with van der Waals surface area (Å²) >= 11 is 0. The van der Waals surface area contributed by atoms with E-state index in [1.54, 1.807) is 36.4 Å². The minimum absolute atomic E-state index is 0.107. The lowest BCUT2D eigenvalue weighted by Gasteiger charge is -2.14. The van der Waals surface area contributed by atoms with Crippen LogP contribution in [0.5, 0.6) is 0 Å². The van der Waals surface area contributed by atoms with Crippen molar-refractivity contribution in [2.45, 2.75) is 182 Å². The lowest BCUT2D eigenvalue weighted by Crippen LogP contribution is -2.16. The molecule has 0 amide bonds. The SMILES string of the molecule is CCCCCCCCOC(=O)c1ccc(-c2ccc(C(=O)OCCCCCCCC)c(C(=O)OCCCCCCCC)c2)cc1C(=O)OCCCCCCCC. The zero-order valence-corrected chi connectivity index (χ0v) is 35.5. The second kappa shape index (κ2) is 31.4. The fourth-order valence-electron chi connectivity index (χ4n) is 6.64. The zero-order valence-electron chi connectivity index (χ0n) is 35.5. The molecule has 0 saturated heterocycles. The van der Waals surface area contributed by atoms with Crippen LogP contribution in [-0.2, 0) is 18.9 Å². The number of hydrogen-bond acceptors (Lipinski definition) is 8. The Morgan fingerprint density at radius 1 is 0.321 bits per heavy atom. The van der Waals surface area contributed by atoms with Gasteiger partial charge in [-0.05, 0) is 61.1 Å². The Morgan fingerprint density at radius 2 is 0.554 bits per heavy atom. The van der Waals surface area contributed by atoms with Gasteiger partial charge in [-0.3, -0.25) is 0 Å². The van der Waals surface area contributed by atoms with Gasteiger partial charge in [0.25, 0.3) is 0 Å². The predicted molar refractivity (Wildman–Crippen MR) is 227 cm³/mol. The number of hydrogen-bond donors (Lipinski definition) is 0. The number of carbonyl (C=O) groups excluding carboxylic acids is 4. The highest BCUT2D eigenvalue weighted by Crippen LogP contribution is 2.28. The maximum absolute atomic E-state index is 13.5. The first-order valence-corrected chi connectivity index (χ1v) is 22.3. The minimum Gasteiger partial charge on any atom is -0.462 e. The largest absolute Gasteiger partial charge is 0.462 e. The van der Waals surface area contributed by atoms with Crippen LogP contribution < -0.4 is 0 Å². The Labute approximate surface area is 339 Å². The van der Waals surface area contributed by atoms with Gasteiger partial charge in [-0.2, -0.15) is 0 Å². The molecule has 0 bridgehead atoms. The molecule has 0 atom stereocenters. The smallest absolute Gasteiger partial charge is 0.339 e. The molecule has 0 heterocycles. The lowest BCUT2D eigenvalue weighted by molar-refractivity contribution is 0.0450. The Morgan fingerprint density at radius 3 is 0.821 bits per heavy atom. The van der Waals surface area contributed by atoms with Gasteiger partial charge in [0.2, 0.25) is 0 Å². The van der Waals surface area contributed by atoms with Crippen LogP contribution in [0.15, 0.2) is 36.4 Å². The zero-order chi connectivity index (χ0) is 40.6. The molecule has 0 saturated carbocycles. The van der Waals surface area contributed by atoms with Crippen LogP contribution in [0.3, 0.4) is 0 Å². The third-order valence-electron chi connectivity index (χ3n) is 10.2. The Bertz CT molecular complexity index is 1290. The molecule has 0 fully saturated rings. The predicted octanol–water partition coefficient (Wildman–Crippen LogP) is 13.4. The molecule has 0 spiro atoms. The topological polar surface area (TPSA) is 105 Å². The van der Waals surface area contributed by atoms with Crippen molar-refractivity contribution in [1.29, 1.82) is 0 Å². The highest BCUT2D eigenvalue weighted by Gasteiger charge is 2.24. The lowest BCUT2D eigenvalue weighted by atomic mass is 9.95. The maximum atomic E-state index is 13.5. The minimum atomic E-state index is -0.597. The summed E-state index contributed by atoms with van der Waals surface area (Å²) in [4.78, 5) is 53.7. The molecule has 8 heteroatoms. The van der Waals surface area contributed by atoms with Crippen LogP contribution in [-0.4, -0.2) is 50.3 Å².